The Labute approximate surface area is 99.6 Å². The van der Waals surface area contributed by atoms with Crippen molar-refractivity contribution in [2.45, 2.75) is 18.6 Å². The van der Waals surface area contributed by atoms with Gasteiger partial charge >= 0.3 is 0 Å². The molecule has 5 heteroatoms. The van der Waals surface area contributed by atoms with Crippen LogP contribution in [0, 0.1) is 0 Å². The highest BCUT2D eigenvalue weighted by Gasteiger charge is 2.25. The Morgan fingerprint density at radius 2 is 2.29 bits per heavy atom. The van der Waals surface area contributed by atoms with Crippen LogP contribution in [0.2, 0.25) is 0 Å². The van der Waals surface area contributed by atoms with Crippen LogP contribution in [0.25, 0.3) is 6.08 Å². The highest BCUT2D eigenvalue weighted by molar-refractivity contribution is 9.10. The Balaban J connectivity index is 2.73. The topological polar surface area (TPSA) is 49.1 Å². The maximum absolute atomic E-state index is 11.1. The van der Waals surface area contributed by atoms with Crippen molar-refractivity contribution >= 4 is 44.7 Å². The zero-order valence-corrected chi connectivity index (χ0v) is 11.2. The van der Waals surface area contributed by atoms with Gasteiger partial charge in [0.05, 0.1) is 0 Å². The van der Waals surface area contributed by atoms with Gasteiger partial charge in [0.2, 0.25) is 0 Å². The number of rotatable bonds is 3. The minimum Gasteiger partial charge on any atom is -0.598 e. The zero-order chi connectivity index (χ0) is 10.8. The molecule has 1 rings (SSSR count). The van der Waals surface area contributed by atoms with E-state index in [1.54, 1.807) is 11.3 Å². The number of hydrogen-bond donors (Lipinski definition) is 1. The molecule has 1 aromatic rings. The first-order chi connectivity index (χ1) is 6.42. The number of hydrogen-bond acceptors (Lipinski definition) is 3. The molecule has 0 aliphatic rings. The summed E-state index contributed by atoms with van der Waals surface area (Å²) in [7, 11) is 0. The summed E-state index contributed by atoms with van der Waals surface area (Å²) in [6, 6.07) is 2.01. The molecule has 0 aromatic carbocycles. The fraction of sp³-hybridized carbons (Fsp3) is 0.333. The van der Waals surface area contributed by atoms with E-state index in [-0.39, 0.29) is 0 Å². The van der Waals surface area contributed by atoms with Gasteiger partial charge in [0.1, 0.15) is 0 Å². The molecule has 1 heterocycles. The molecule has 0 bridgehead atoms. The Morgan fingerprint density at radius 3 is 2.71 bits per heavy atom. The fourth-order valence-electron chi connectivity index (χ4n) is 0.766. The molecule has 0 radical (unpaired) electrons. The first-order valence-corrected chi connectivity index (χ1v) is 6.90. The van der Waals surface area contributed by atoms with Gasteiger partial charge in [-0.15, -0.1) is 11.3 Å². The molecule has 78 valence electrons. The summed E-state index contributed by atoms with van der Waals surface area (Å²) < 4.78 is 11.7. The molecule has 0 saturated heterocycles. The molecule has 2 nitrogen and oxygen atoms in total. The fourth-order valence-corrected chi connectivity index (χ4v) is 2.30. The van der Waals surface area contributed by atoms with Crippen LogP contribution in [-0.2, 0) is 11.4 Å². The van der Waals surface area contributed by atoms with Gasteiger partial charge in [0, 0.05) is 26.1 Å². The van der Waals surface area contributed by atoms with Gasteiger partial charge in [0.25, 0.3) is 0 Å². The number of thiophene rings is 1. The average molecular weight is 294 g/mol. The van der Waals surface area contributed by atoms with Crippen LogP contribution in [0.4, 0.5) is 0 Å². The van der Waals surface area contributed by atoms with Gasteiger partial charge in [-0.1, -0.05) is 0 Å². The van der Waals surface area contributed by atoms with E-state index in [2.05, 4.69) is 15.9 Å². The summed E-state index contributed by atoms with van der Waals surface area (Å²) in [6.45, 7) is 3.70. The predicted octanol–water partition coefficient (Wildman–Crippen LogP) is 2.92. The highest BCUT2D eigenvalue weighted by atomic mass is 79.9. The van der Waals surface area contributed by atoms with E-state index >= 15 is 0 Å². The minimum absolute atomic E-state index is 0.476. The SMILES string of the molecule is CC(C)(C=Cc1cc(Br)cs1)[S+](N)[O-]. The van der Waals surface area contributed by atoms with Gasteiger partial charge in [-0.2, -0.15) is 5.14 Å². The van der Waals surface area contributed by atoms with Crippen LogP contribution in [0.3, 0.4) is 0 Å². The van der Waals surface area contributed by atoms with E-state index in [1.807, 2.05) is 37.4 Å². The van der Waals surface area contributed by atoms with Crippen LogP contribution in [0.5, 0.6) is 0 Å². The van der Waals surface area contributed by atoms with Crippen molar-refractivity contribution in [2.24, 2.45) is 5.14 Å². The molecule has 0 fully saturated rings. The van der Waals surface area contributed by atoms with Gasteiger partial charge in [-0.3, -0.25) is 0 Å². The average Bonchev–Trinajstić information content (AvgIpc) is 2.48. The molecular formula is C9H12BrNOS2. The number of nitrogens with two attached hydrogens (primary N) is 1. The summed E-state index contributed by atoms with van der Waals surface area (Å²) in [5.41, 5.74) is 0. The summed E-state index contributed by atoms with van der Waals surface area (Å²) in [4.78, 5) is 1.12. The van der Waals surface area contributed by atoms with Gasteiger partial charge in [-0.25, -0.2) is 0 Å². The number of halogens is 1. The van der Waals surface area contributed by atoms with Crippen molar-refractivity contribution in [1.82, 2.24) is 0 Å². The van der Waals surface area contributed by atoms with Crippen LogP contribution in [0.15, 0.2) is 22.0 Å². The summed E-state index contributed by atoms with van der Waals surface area (Å²) in [5.74, 6) is 0. The molecule has 0 saturated carbocycles. The standard InChI is InChI=1S/C9H12BrNOS2/c1-9(2,14(11)12)4-3-8-5-7(10)6-13-8/h3-6H,11H2,1-2H3. The monoisotopic (exact) mass is 293 g/mol. The van der Waals surface area contributed by atoms with Crippen molar-refractivity contribution in [1.29, 1.82) is 0 Å². The van der Waals surface area contributed by atoms with Gasteiger partial charge in [-0.05, 0) is 48.0 Å². The largest absolute Gasteiger partial charge is 0.598 e. The first-order valence-electron chi connectivity index (χ1n) is 4.01. The van der Waals surface area contributed by atoms with Crippen LogP contribution >= 0.6 is 27.3 Å². The third-order valence-corrected chi connectivity index (χ3v) is 4.59. The summed E-state index contributed by atoms with van der Waals surface area (Å²) in [5, 5.41) is 7.36. The molecule has 1 atom stereocenters. The first kappa shape index (κ1) is 12.3. The second-order valence-corrected chi connectivity index (χ2v) is 6.91. The smallest absolute Gasteiger partial charge is 0.157 e. The molecule has 1 aromatic heterocycles. The van der Waals surface area contributed by atoms with E-state index < -0.39 is 16.1 Å². The third-order valence-electron chi connectivity index (χ3n) is 1.76. The predicted molar refractivity (Wildman–Crippen MR) is 67.5 cm³/mol. The Bertz CT molecular complexity index is 333. The van der Waals surface area contributed by atoms with E-state index in [4.69, 9.17) is 5.14 Å². The maximum Gasteiger partial charge on any atom is 0.157 e. The lowest BCUT2D eigenvalue weighted by Crippen LogP contribution is -2.35. The van der Waals surface area contributed by atoms with E-state index in [1.165, 1.54) is 0 Å². The molecule has 0 spiro atoms. The molecule has 0 aliphatic carbocycles. The quantitative estimate of drug-likeness (QED) is 0.871. The van der Waals surface area contributed by atoms with E-state index in [9.17, 15) is 4.55 Å². The van der Waals surface area contributed by atoms with Crippen molar-refractivity contribution < 1.29 is 4.55 Å². The third kappa shape index (κ3) is 3.40. The second kappa shape index (κ2) is 4.81. The lowest BCUT2D eigenvalue weighted by Gasteiger charge is -2.19. The summed E-state index contributed by atoms with van der Waals surface area (Å²) >= 11 is 3.67. The normalized spacial score (nSPS) is 14.9. The van der Waals surface area contributed by atoms with Crippen LogP contribution in [-0.4, -0.2) is 9.30 Å². The van der Waals surface area contributed by atoms with E-state index in [0.717, 1.165) is 9.35 Å². The lowest BCUT2D eigenvalue weighted by molar-refractivity contribution is 0.573. The zero-order valence-electron chi connectivity index (χ0n) is 7.99. The van der Waals surface area contributed by atoms with Crippen molar-refractivity contribution in [3.63, 3.8) is 0 Å². The Kier molecular flexibility index (Phi) is 4.21. The van der Waals surface area contributed by atoms with E-state index in [0.29, 0.717) is 0 Å². The van der Waals surface area contributed by atoms with Crippen molar-refractivity contribution in [3.05, 3.63) is 26.9 Å². The molecule has 0 amide bonds. The molecule has 14 heavy (non-hydrogen) atoms. The Morgan fingerprint density at radius 1 is 1.64 bits per heavy atom. The second-order valence-electron chi connectivity index (χ2n) is 3.40. The lowest BCUT2D eigenvalue weighted by atomic mass is 10.2. The summed E-state index contributed by atoms with van der Waals surface area (Å²) in [6.07, 6.45) is 3.82. The van der Waals surface area contributed by atoms with Crippen molar-refractivity contribution in [3.8, 4) is 0 Å². The van der Waals surface area contributed by atoms with Crippen molar-refractivity contribution in [2.75, 3.05) is 0 Å². The highest BCUT2D eigenvalue weighted by Crippen LogP contribution is 2.23. The Hall–Kier alpha value is 0.190. The van der Waals surface area contributed by atoms with Crippen LogP contribution < -0.4 is 5.14 Å². The molecule has 2 N–H and O–H groups in total. The molecule has 1 unspecified atom stereocenters. The molecular weight excluding hydrogens is 282 g/mol. The molecule has 0 aliphatic heterocycles. The van der Waals surface area contributed by atoms with Gasteiger partial charge in [0.15, 0.2) is 4.75 Å². The minimum atomic E-state index is -1.34. The van der Waals surface area contributed by atoms with Gasteiger partial charge < -0.3 is 4.55 Å². The maximum atomic E-state index is 11.1. The van der Waals surface area contributed by atoms with Crippen LogP contribution in [0.1, 0.15) is 18.7 Å².